The van der Waals surface area contributed by atoms with Crippen LogP contribution in [0.4, 0.5) is 4.39 Å². The molecule has 0 saturated heterocycles. The molecule has 0 aromatic carbocycles. The second-order valence-electron chi connectivity index (χ2n) is 2.94. The number of ether oxygens (including phenoxy) is 2. The molecule has 6 heteroatoms. The highest BCUT2D eigenvalue weighted by atomic mass is 19.1. The second kappa shape index (κ2) is 6.77. The fourth-order valence-corrected chi connectivity index (χ4v) is 0.957. The number of hydrogen-bond acceptors (Lipinski definition) is 5. The lowest BCUT2D eigenvalue weighted by atomic mass is 10.0. The molecule has 0 fully saturated rings. The van der Waals surface area contributed by atoms with Crippen molar-refractivity contribution in [2.45, 2.75) is 32.4 Å². The Morgan fingerprint density at radius 2 is 1.88 bits per heavy atom. The molecule has 90 valence electrons. The van der Waals surface area contributed by atoms with Crippen molar-refractivity contribution in [3.63, 3.8) is 0 Å². The van der Waals surface area contributed by atoms with Crippen LogP contribution in [0.25, 0.3) is 0 Å². The second-order valence-corrected chi connectivity index (χ2v) is 2.94. The monoisotopic (exact) mass is 231 g/mol. The lowest BCUT2D eigenvalue weighted by molar-refractivity contribution is -0.154. The van der Waals surface area contributed by atoms with E-state index in [9.17, 15) is 14.0 Å². The van der Waals surface area contributed by atoms with Crippen LogP contribution in [0.15, 0.2) is 0 Å². The first-order chi connectivity index (χ1) is 7.50. The van der Waals surface area contributed by atoms with Crippen molar-refractivity contribution >= 4 is 11.9 Å². The molecule has 16 heavy (non-hydrogen) atoms. The Kier molecular flexibility index (Phi) is 6.08. The molecule has 0 aliphatic carbocycles. The van der Waals surface area contributed by atoms with Crippen LogP contribution in [0.3, 0.4) is 0 Å². The van der Waals surface area contributed by atoms with Crippen molar-refractivity contribution in [3.8, 4) is 6.07 Å². The average Bonchev–Trinajstić information content (AvgIpc) is 2.26. The largest absolute Gasteiger partial charge is 0.466 e. The number of carbonyl (C=O) groups excluding carboxylic acids is 2. The summed E-state index contributed by atoms with van der Waals surface area (Å²) in [6.07, 6.45) is -0.891. The number of halogens is 1. The van der Waals surface area contributed by atoms with Gasteiger partial charge in [-0.2, -0.15) is 5.26 Å². The maximum absolute atomic E-state index is 13.7. The third-order valence-electron chi connectivity index (χ3n) is 1.76. The Labute approximate surface area is 93.1 Å². The summed E-state index contributed by atoms with van der Waals surface area (Å²) in [5.74, 6) is -1.91. The smallest absolute Gasteiger partial charge is 0.358 e. The SMILES string of the molecule is CCOC(=O)CCC(F)(C#N)C(=O)OCC. The molecule has 0 aromatic heterocycles. The fraction of sp³-hybridized carbons (Fsp3) is 0.700. The van der Waals surface area contributed by atoms with E-state index in [0.29, 0.717) is 0 Å². The van der Waals surface area contributed by atoms with Gasteiger partial charge in [-0.1, -0.05) is 0 Å². The van der Waals surface area contributed by atoms with Crippen molar-refractivity contribution in [2.24, 2.45) is 0 Å². The third-order valence-corrected chi connectivity index (χ3v) is 1.76. The Balaban J connectivity index is 4.33. The zero-order valence-electron chi connectivity index (χ0n) is 9.29. The number of alkyl halides is 1. The molecule has 0 aliphatic rings. The Hall–Kier alpha value is -1.64. The average molecular weight is 231 g/mol. The van der Waals surface area contributed by atoms with Crippen LogP contribution in [-0.2, 0) is 19.1 Å². The van der Waals surface area contributed by atoms with Gasteiger partial charge in [0.05, 0.1) is 19.6 Å². The summed E-state index contributed by atoms with van der Waals surface area (Å²) in [5.41, 5.74) is -2.78. The number of esters is 2. The van der Waals surface area contributed by atoms with E-state index < -0.39 is 24.0 Å². The molecule has 0 aromatic rings. The van der Waals surface area contributed by atoms with E-state index in [0.717, 1.165) is 0 Å². The van der Waals surface area contributed by atoms with Gasteiger partial charge in [-0.3, -0.25) is 4.79 Å². The molecule has 0 spiro atoms. The van der Waals surface area contributed by atoms with E-state index in [4.69, 9.17) is 5.26 Å². The first-order valence-electron chi connectivity index (χ1n) is 4.93. The number of nitrogens with zero attached hydrogens (tertiary/aromatic N) is 1. The summed E-state index contributed by atoms with van der Waals surface area (Å²) in [6, 6.07) is 1.21. The summed E-state index contributed by atoms with van der Waals surface area (Å²) >= 11 is 0. The summed E-state index contributed by atoms with van der Waals surface area (Å²) in [6.45, 7) is 3.26. The standard InChI is InChI=1S/C10H14FNO4/c1-3-15-8(13)5-6-10(11,7-12)9(14)16-4-2/h3-6H2,1-2H3. The van der Waals surface area contributed by atoms with E-state index in [2.05, 4.69) is 9.47 Å². The lowest BCUT2D eigenvalue weighted by Gasteiger charge is -2.14. The zero-order chi connectivity index (χ0) is 12.6. The molecule has 0 radical (unpaired) electrons. The van der Waals surface area contributed by atoms with Crippen molar-refractivity contribution in [3.05, 3.63) is 0 Å². The Morgan fingerprint density at radius 3 is 2.31 bits per heavy atom. The molecule has 0 aliphatic heterocycles. The molecule has 0 rings (SSSR count). The van der Waals surface area contributed by atoms with Crippen LogP contribution in [-0.4, -0.2) is 30.8 Å². The first-order valence-corrected chi connectivity index (χ1v) is 4.93. The minimum absolute atomic E-state index is 0.0222. The molecule has 0 saturated carbocycles. The van der Waals surface area contributed by atoms with E-state index >= 15 is 0 Å². The maximum Gasteiger partial charge on any atom is 0.358 e. The molecular weight excluding hydrogens is 217 g/mol. The van der Waals surface area contributed by atoms with Gasteiger partial charge in [-0.25, -0.2) is 9.18 Å². The molecule has 0 bridgehead atoms. The van der Waals surface area contributed by atoms with Gasteiger partial charge in [0.1, 0.15) is 6.07 Å². The molecule has 0 heterocycles. The van der Waals surface area contributed by atoms with Crippen molar-refractivity contribution in [2.75, 3.05) is 13.2 Å². The van der Waals surface area contributed by atoms with Crippen molar-refractivity contribution in [1.29, 1.82) is 5.26 Å². The molecule has 1 atom stereocenters. The van der Waals surface area contributed by atoms with E-state index in [1.54, 1.807) is 6.92 Å². The van der Waals surface area contributed by atoms with Crippen LogP contribution in [0.2, 0.25) is 0 Å². The molecule has 0 N–H and O–H groups in total. The highest BCUT2D eigenvalue weighted by Crippen LogP contribution is 2.20. The Bertz CT molecular complexity index is 300. The molecule has 0 amide bonds. The topological polar surface area (TPSA) is 76.4 Å². The predicted molar refractivity (Wildman–Crippen MR) is 52.0 cm³/mol. The third kappa shape index (κ3) is 4.26. The molecule has 5 nitrogen and oxygen atoms in total. The predicted octanol–water partition coefficient (Wildman–Crippen LogP) is 1.12. The van der Waals surface area contributed by atoms with Gasteiger partial charge in [-0.15, -0.1) is 0 Å². The van der Waals surface area contributed by atoms with Crippen molar-refractivity contribution < 1.29 is 23.5 Å². The van der Waals surface area contributed by atoms with E-state index in [1.165, 1.54) is 13.0 Å². The normalized spacial score (nSPS) is 13.4. The van der Waals surface area contributed by atoms with Gasteiger partial charge in [0.2, 0.25) is 0 Å². The number of rotatable bonds is 6. The Morgan fingerprint density at radius 1 is 1.31 bits per heavy atom. The van der Waals surface area contributed by atoms with Gasteiger partial charge < -0.3 is 9.47 Å². The fourth-order valence-electron chi connectivity index (χ4n) is 0.957. The highest BCUT2D eigenvalue weighted by molar-refractivity contribution is 5.83. The van der Waals surface area contributed by atoms with Crippen LogP contribution >= 0.6 is 0 Å². The first kappa shape index (κ1) is 14.4. The lowest BCUT2D eigenvalue weighted by Crippen LogP contribution is -2.34. The summed E-state index contributed by atoms with van der Waals surface area (Å²) in [7, 11) is 0. The number of carbonyl (C=O) groups is 2. The van der Waals surface area contributed by atoms with Gasteiger partial charge in [0.15, 0.2) is 0 Å². The van der Waals surface area contributed by atoms with Gasteiger partial charge in [0, 0.05) is 6.42 Å². The summed E-state index contributed by atoms with van der Waals surface area (Å²) in [4.78, 5) is 22.0. The maximum atomic E-state index is 13.7. The quantitative estimate of drug-likeness (QED) is 0.640. The number of nitriles is 1. The minimum Gasteiger partial charge on any atom is -0.466 e. The summed E-state index contributed by atoms with van der Waals surface area (Å²) in [5, 5.41) is 8.55. The number of hydrogen-bond donors (Lipinski definition) is 0. The highest BCUT2D eigenvalue weighted by Gasteiger charge is 2.41. The summed E-state index contributed by atoms with van der Waals surface area (Å²) < 4.78 is 22.6. The van der Waals surface area contributed by atoms with Crippen LogP contribution in [0.5, 0.6) is 0 Å². The van der Waals surface area contributed by atoms with Gasteiger partial charge >= 0.3 is 11.9 Å². The van der Waals surface area contributed by atoms with Gasteiger partial charge in [0.25, 0.3) is 5.67 Å². The van der Waals surface area contributed by atoms with Crippen LogP contribution < -0.4 is 0 Å². The minimum atomic E-state index is -2.78. The molecular formula is C10H14FNO4. The van der Waals surface area contributed by atoms with Crippen LogP contribution in [0.1, 0.15) is 26.7 Å². The van der Waals surface area contributed by atoms with E-state index in [1.807, 2.05) is 0 Å². The van der Waals surface area contributed by atoms with E-state index in [-0.39, 0.29) is 19.6 Å². The van der Waals surface area contributed by atoms with Crippen LogP contribution in [0, 0.1) is 11.3 Å². The van der Waals surface area contributed by atoms with Gasteiger partial charge in [-0.05, 0) is 13.8 Å². The molecule has 1 unspecified atom stereocenters. The van der Waals surface area contributed by atoms with Crippen molar-refractivity contribution in [1.82, 2.24) is 0 Å². The zero-order valence-corrected chi connectivity index (χ0v) is 9.29.